The Morgan fingerprint density at radius 2 is 1.68 bits per heavy atom. The molecule has 1 amide bonds. The quantitative estimate of drug-likeness (QED) is 0.317. The molecule has 0 aliphatic heterocycles. The van der Waals surface area contributed by atoms with Gasteiger partial charge in [0.25, 0.3) is 15.9 Å². The number of nitroso groups, excluding NO2 is 1. The summed E-state index contributed by atoms with van der Waals surface area (Å²) in [5.41, 5.74) is 1.50. The van der Waals surface area contributed by atoms with Gasteiger partial charge in [-0.15, -0.1) is 4.91 Å². The smallest absolute Gasteiger partial charge is 0.281 e. The van der Waals surface area contributed by atoms with E-state index in [-0.39, 0.29) is 21.8 Å². The average Bonchev–Trinajstić information content (AvgIpc) is 3.31. The molecule has 0 aliphatic rings. The summed E-state index contributed by atoms with van der Waals surface area (Å²) in [6.45, 7) is 0. The lowest BCUT2D eigenvalue weighted by Crippen LogP contribution is -2.30. The van der Waals surface area contributed by atoms with Gasteiger partial charge in [-0.25, -0.2) is 13.1 Å². The number of aromatic amines is 1. The van der Waals surface area contributed by atoms with Gasteiger partial charge in [-0.3, -0.25) is 4.79 Å². The van der Waals surface area contributed by atoms with Gasteiger partial charge in [-0.05, 0) is 47.6 Å². The predicted octanol–water partition coefficient (Wildman–Crippen LogP) is 4.45. The van der Waals surface area contributed by atoms with Crippen LogP contribution in [0.1, 0.15) is 10.5 Å². The van der Waals surface area contributed by atoms with Crippen LogP contribution < -0.4 is 19.5 Å². The molecule has 10 nitrogen and oxygen atoms in total. The van der Waals surface area contributed by atoms with Crippen molar-refractivity contribution in [2.24, 2.45) is 5.18 Å². The monoisotopic (exact) mass is 480 g/mol. The van der Waals surface area contributed by atoms with Crippen molar-refractivity contribution < 1.29 is 22.7 Å². The van der Waals surface area contributed by atoms with Crippen LogP contribution in [0.2, 0.25) is 0 Å². The van der Waals surface area contributed by atoms with Gasteiger partial charge in [-0.1, -0.05) is 18.2 Å². The Morgan fingerprint density at radius 3 is 2.35 bits per heavy atom. The molecular weight excluding hydrogens is 460 g/mol. The standard InChI is InChI=1S/C23H20N4O6S/c1-32-20-11-8-14(12-21(20)33-2)24-17-9-10-18(26-29)22-16(17)13-19(25-22)23(28)27-34(30,31)15-6-4-3-5-7-15/h3-13,24-25H,1-2H3,(H,27,28). The minimum absolute atomic E-state index is 0.0504. The van der Waals surface area contributed by atoms with Gasteiger partial charge in [0.15, 0.2) is 11.5 Å². The molecule has 4 rings (SSSR count). The molecule has 1 aromatic heterocycles. The summed E-state index contributed by atoms with van der Waals surface area (Å²) in [7, 11) is -1.03. The number of rotatable bonds is 8. The number of carbonyl (C=O) groups is 1. The zero-order valence-corrected chi connectivity index (χ0v) is 19.0. The zero-order chi connectivity index (χ0) is 24.3. The van der Waals surface area contributed by atoms with Gasteiger partial charge < -0.3 is 19.8 Å². The molecule has 0 aliphatic carbocycles. The fraction of sp³-hybridized carbons (Fsp3) is 0.0870. The third-order valence-electron chi connectivity index (χ3n) is 5.06. The maximum Gasteiger partial charge on any atom is 0.281 e. The number of hydrogen-bond donors (Lipinski definition) is 3. The van der Waals surface area contributed by atoms with Crippen LogP contribution in [0.4, 0.5) is 17.1 Å². The van der Waals surface area contributed by atoms with Crippen molar-refractivity contribution in [2.75, 3.05) is 19.5 Å². The summed E-state index contributed by atoms with van der Waals surface area (Å²) in [6.07, 6.45) is 0. The Hall–Kier alpha value is -4.38. The summed E-state index contributed by atoms with van der Waals surface area (Å²) in [6, 6.07) is 17.3. The summed E-state index contributed by atoms with van der Waals surface area (Å²) < 4.78 is 37.6. The minimum Gasteiger partial charge on any atom is -0.493 e. The highest BCUT2D eigenvalue weighted by atomic mass is 32.2. The highest BCUT2D eigenvalue weighted by Crippen LogP contribution is 2.36. The van der Waals surface area contributed by atoms with Crippen molar-refractivity contribution in [1.29, 1.82) is 0 Å². The summed E-state index contributed by atoms with van der Waals surface area (Å²) in [5.74, 6) is 0.183. The maximum absolute atomic E-state index is 12.7. The number of hydrogen-bond acceptors (Lipinski definition) is 8. The lowest BCUT2D eigenvalue weighted by Gasteiger charge is -2.12. The second-order valence-electron chi connectivity index (χ2n) is 7.14. The highest BCUT2D eigenvalue weighted by Gasteiger charge is 2.21. The number of amides is 1. The van der Waals surface area contributed by atoms with Gasteiger partial charge in [-0.2, -0.15) is 0 Å². The molecule has 0 saturated heterocycles. The number of methoxy groups -OCH3 is 2. The van der Waals surface area contributed by atoms with Crippen LogP contribution in [0.15, 0.2) is 76.8 Å². The normalized spacial score (nSPS) is 11.1. The van der Waals surface area contributed by atoms with Crippen LogP contribution in [0.25, 0.3) is 10.9 Å². The van der Waals surface area contributed by atoms with Gasteiger partial charge in [0.2, 0.25) is 0 Å². The van der Waals surface area contributed by atoms with E-state index in [2.05, 4.69) is 15.5 Å². The van der Waals surface area contributed by atoms with Gasteiger partial charge in [0.1, 0.15) is 11.4 Å². The molecular formula is C23H20N4O6S. The summed E-state index contributed by atoms with van der Waals surface area (Å²) >= 11 is 0. The Labute approximate surface area is 194 Å². The zero-order valence-electron chi connectivity index (χ0n) is 18.2. The highest BCUT2D eigenvalue weighted by molar-refractivity contribution is 7.90. The van der Waals surface area contributed by atoms with Crippen LogP contribution in [0.5, 0.6) is 11.5 Å². The molecule has 0 bridgehead atoms. The van der Waals surface area contributed by atoms with Crippen LogP contribution in [-0.2, 0) is 10.0 Å². The topological polar surface area (TPSA) is 139 Å². The number of benzene rings is 3. The lowest BCUT2D eigenvalue weighted by molar-refractivity contribution is 0.0977. The molecule has 0 saturated carbocycles. The fourth-order valence-corrected chi connectivity index (χ4v) is 4.40. The van der Waals surface area contributed by atoms with E-state index < -0.39 is 15.9 Å². The molecule has 0 unspecified atom stereocenters. The average molecular weight is 481 g/mol. The van der Waals surface area contributed by atoms with Crippen LogP contribution in [0, 0.1) is 4.91 Å². The first kappa shape index (κ1) is 22.8. The van der Waals surface area contributed by atoms with E-state index in [1.165, 1.54) is 38.5 Å². The molecule has 0 spiro atoms. The number of H-pyrrole nitrogens is 1. The first-order chi connectivity index (χ1) is 16.4. The van der Waals surface area contributed by atoms with Gasteiger partial charge in [0.05, 0.1) is 24.6 Å². The fourth-order valence-electron chi connectivity index (χ4n) is 3.42. The first-order valence-electron chi connectivity index (χ1n) is 9.96. The van der Waals surface area contributed by atoms with E-state index in [1.54, 1.807) is 42.5 Å². The number of carbonyl (C=O) groups excluding carboxylic acids is 1. The minimum atomic E-state index is -4.08. The molecule has 3 N–H and O–H groups in total. The van der Waals surface area contributed by atoms with Crippen LogP contribution in [0.3, 0.4) is 0 Å². The second-order valence-corrected chi connectivity index (χ2v) is 8.82. The second kappa shape index (κ2) is 9.24. The molecule has 0 radical (unpaired) electrons. The van der Waals surface area contributed by atoms with Crippen molar-refractivity contribution in [3.8, 4) is 11.5 Å². The predicted molar refractivity (Wildman–Crippen MR) is 128 cm³/mol. The van der Waals surface area contributed by atoms with E-state index in [1.807, 2.05) is 4.72 Å². The molecule has 174 valence electrons. The maximum atomic E-state index is 12.7. The molecule has 0 atom stereocenters. The van der Waals surface area contributed by atoms with Crippen LogP contribution >= 0.6 is 0 Å². The van der Waals surface area contributed by atoms with Crippen molar-refractivity contribution in [3.63, 3.8) is 0 Å². The van der Waals surface area contributed by atoms with E-state index in [0.29, 0.717) is 28.3 Å². The van der Waals surface area contributed by atoms with Crippen LogP contribution in [-0.4, -0.2) is 33.5 Å². The number of sulfonamides is 1. The van der Waals surface area contributed by atoms with Crippen molar-refractivity contribution >= 4 is 43.9 Å². The molecule has 1 heterocycles. The number of ether oxygens (including phenoxy) is 2. The van der Waals surface area contributed by atoms with Crippen molar-refractivity contribution in [2.45, 2.75) is 4.90 Å². The lowest BCUT2D eigenvalue weighted by atomic mass is 10.1. The molecule has 0 fully saturated rings. The van der Waals surface area contributed by atoms with E-state index in [9.17, 15) is 18.1 Å². The molecule has 11 heteroatoms. The number of nitrogens with one attached hydrogen (secondary N) is 3. The van der Waals surface area contributed by atoms with Gasteiger partial charge >= 0.3 is 0 Å². The van der Waals surface area contributed by atoms with E-state index >= 15 is 0 Å². The number of anilines is 2. The number of nitrogens with zero attached hydrogens (tertiary/aromatic N) is 1. The number of fused-ring (bicyclic) bond motifs is 1. The molecule has 34 heavy (non-hydrogen) atoms. The third-order valence-corrected chi connectivity index (χ3v) is 6.40. The van der Waals surface area contributed by atoms with Crippen molar-refractivity contribution in [3.05, 3.63) is 77.3 Å². The molecule has 3 aromatic carbocycles. The first-order valence-corrected chi connectivity index (χ1v) is 11.4. The molecule has 4 aromatic rings. The Morgan fingerprint density at radius 1 is 0.941 bits per heavy atom. The third kappa shape index (κ3) is 4.41. The number of aromatic nitrogens is 1. The summed E-state index contributed by atoms with van der Waals surface area (Å²) in [5, 5.41) is 6.66. The summed E-state index contributed by atoms with van der Waals surface area (Å²) in [4.78, 5) is 26.8. The van der Waals surface area contributed by atoms with E-state index in [0.717, 1.165) is 0 Å². The largest absolute Gasteiger partial charge is 0.493 e. The SMILES string of the molecule is COc1ccc(Nc2ccc(N=O)c3[nH]c(C(=O)NS(=O)(=O)c4ccccc4)cc23)cc1OC. The Kier molecular flexibility index (Phi) is 6.19. The Balaban J connectivity index is 1.69. The van der Waals surface area contributed by atoms with Gasteiger partial charge in [0, 0.05) is 22.8 Å². The van der Waals surface area contributed by atoms with Crippen molar-refractivity contribution in [1.82, 2.24) is 9.71 Å². The van der Waals surface area contributed by atoms with E-state index in [4.69, 9.17) is 9.47 Å². The Bertz CT molecular complexity index is 1480.